The van der Waals surface area contributed by atoms with Crippen molar-refractivity contribution in [2.24, 2.45) is 17.2 Å². The fraction of sp³-hybridized carbons (Fsp3) is 0.388. The summed E-state index contributed by atoms with van der Waals surface area (Å²) in [6.07, 6.45) is 2.30. The van der Waals surface area contributed by atoms with Crippen molar-refractivity contribution in [2.45, 2.75) is 129 Å². The molecular formula is C80H93N13O16. The molecule has 5 aliphatic heterocycles. The SMILES string of the molecule is COc1ccc(C2=CN3C(=O)c4cc(OC)c(OCCCOc5cc6c(cc5OC)C(=O)N5CC7(CC7)C[C@H]5[C@H](O)N6C(=O)OCc5ccc(NC(=O)[C@H](C)NC(=O)[C@@H](NC(=O)CNC(=O)CNC(=O)CCC(=O)N6Cc7ccccc7/C(NC(C)C)=C(/NN)c7ccccc76)C(C)C)cc5)cc4NCC3C2)cc1. The Morgan fingerprint density at radius 3 is 2.03 bits per heavy atom. The number of anilines is 4. The molecule has 0 radical (unpaired) electrons. The standard InChI is InChI=1S/C80H93N13O16/c1-45(2)71(88-69(96)40-84-68(95)39-83-67(94)26-27-70(97)91-41-50-14-9-10-15-55(50)72(85-46(3)4)73(89-81)56-16-11-12-17-60(56)91)75(99)86-47(5)74(98)87-52-22-18-48(19-23-52)43-109-79(103)93-61-36-66(64(106-8)34-58(61)77(101)92-44-80(28-29-80)37-62(92)78(93)102)108-31-13-30-107-65-35-59-57(33-63(65)105-7)76(100)90-42-51(32-53(90)38-82-59)49-20-24-54(104-6)25-21-49/h9-12,14-25,33-36,42,45-47,53,62,71,78,82,85,89,102H,13,26-32,37-41,43-44,81H2,1-8H3,(H,83,94)(H,84,95)(H,86,99)(H,87,98)(H,88,96)/b73-72-/t47-,53?,62-,71-,78-/m0/s1. The summed E-state index contributed by atoms with van der Waals surface area (Å²) in [5.74, 6) is 3.49. The number of methoxy groups -OCH3 is 3. The van der Waals surface area contributed by atoms with E-state index in [-0.39, 0.29) is 97.2 Å². The Bertz CT molecular complexity index is 4540. The Kier molecular flexibility index (Phi) is 23.6. The van der Waals surface area contributed by atoms with E-state index in [0.717, 1.165) is 51.5 Å². The van der Waals surface area contributed by atoms with Gasteiger partial charge in [0.05, 0.1) is 106 Å². The molecule has 11 N–H and O–H groups in total. The monoisotopic (exact) mass is 1490 g/mol. The van der Waals surface area contributed by atoms with Gasteiger partial charge in [-0.25, -0.2) is 9.69 Å². The van der Waals surface area contributed by atoms with Crippen molar-refractivity contribution in [3.8, 4) is 28.7 Å². The van der Waals surface area contributed by atoms with Crippen molar-refractivity contribution in [3.05, 3.63) is 166 Å². The Balaban J connectivity index is 0.603. The first-order chi connectivity index (χ1) is 52.5. The molecule has 6 aromatic rings. The van der Waals surface area contributed by atoms with E-state index in [0.29, 0.717) is 83.3 Å². The maximum Gasteiger partial charge on any atom is 0.416 e. The second-order valence-corrected chi connectivity index (χ2v) is 28.6. The Morgan fingerprint density at radius 1 is 0.679 bits per heavy atom. The number of aliphatic hydroxyl groups excluding tert-OH is 1. The van der Waals surface area contributed by atoms with Crippen molar-refractivity contribution in [1.29, 1.82) is 0 Å². The fourth-order valence-electron chi connectivity index (χ4n) is 14.3. The van der Waals surface area contributed by atoms with Gasteiger partial charge in [-0.3, -0.25) is 44.2 Å². The molecule has 1 aliphatic carbocycles. The Hall–Kier alpha value is -11.9. The highest BCUT2D eigenvalue weighted by Gasteiger charge is 2.58. The summed E-state index contributed by atoms with van der Waals surface area (Å²) in [6.45, 7) is 8.96. The predicted molar refractivity (Wildman–Crippen MR) is 407 cm³/mol. The maximum atomic E-state index is 14.5. The fourth-order valence-corrected chi connectivity index (χ4v) is 14.3. The van der Waals surface area contributed by atoms with Crippen LogP contribution >= 0.6 is 0 Å². The molecule has 109 heavy (non-hydrogen) atoms. The van der Waals surface area contributed by atoms with Crippen molar-refractivity contribution >= 4 is 93.1 Å². The highest BCUT2D eigenvalue weighted by molar-refractivity contribution is 6.07. The van der Waals surface area contributed by atoms with Gasteiger partial charge in [-0.15, -0.1) is 0 Å². The molecule has 9 amide bonds. The van der Waals surface area contributed by atoms with Gasteiger partial charge in [0.15, 0.2) is 29.2 Å². The first-order valence-electron chi connectivity index (χ1n) is 36.5. The summed E-state index contributed by atoms with van der Waals surface area (Å²) in [5, 5.41) is 32.1. The summed E-state index contributed by atoms with van der Waals surface area (Å²) in [4.78, 5) is 129. The van der Waals surface area contributed by atoms with Crippen LogP contribution in [0, 0.1) is 11.3 Å². The van der Waals surface area contributed by atoms with E-state index < -0.39 is 79.0 Å². The highest BCUT2D eigenvalue weighted by atomic mass is 16.6. The number of rotatable bonds is 28. The van der Waals surface area contributed by atoms with E-state index in [1.54, 1.807) is 72.1 Å². The minimum absolute atomic E-state index is 0.0546. The minimum Gasteiger partial charge on any atom is -0.497 e. The molecule has 1 spiro atoms. The van der Waals surface area contributed by atoms with Crippen LogP contribution in [-0.2, 0) is 46.7 Å². The number of carbonyl (C=O) groups excluding carboxylic acids is 9. The van der Waals surface area contributed by atoms with Gasteiger partial charge in [0.2, 0.25) is 35.4 Å². The van der Waals surface area contributed by atoms with Gasteiger partial charge in [-0.05, 0) is 123 Å². The first kappa shape index (κ1) is 76.8. The number of nitrogens with zero attached hydrogens (tertiary/aromatic N) is 4. The van der Waals surface area contributed by atoms with E-state index in [4.69, 9.17) is 34.3 Å². The summed E-state index contributed by atoms with van der Waals surface area (Å²) in [6, 6.07) is 32.6. The predicted octanol–water partition coefficient (Wildman–Crippen LogP) is 7.14. The zero-order valence-electron chi connectivity index (χ0n) is 62.2. The van der Waals surface area contributed by atoms with Crippen LogP contribution in [-0.4, -0.2) is 165 Å². The van der Waals surface area contributed by atoms with Gasteiger partial charge in [0.25, 0.3) is 11.8 Å². The van der Waals surface area contributed by atoms with Crippen LogP contribution in [0.1, 0.15) is 128 Å². The summed E-state index contributed by atoms with van der Waals surface area (Å²) in [5.41, 5.74) is 11.1. The molecule has 2 fully saturated rings. The van der Waals surface area contributed by atoms with Crippen molar-refractivity contribution in [1.82, 2.24) is 41.8 Å². The number of amides is 9. The van der Waals surface area contributed by atoms with E-state index in [9.17, 15) is 48.3 Å². The molecule has 1 saturated carbocycles. The van der Waals surface area contributed by atoms with Crippen molar-refractivity contribution in [2.75, 3.05) is 81.2 Å². The van der Waals surface area contributed by atoms with Crippen molar-refractivity contribution < 1.29 is 76.7 Å². The quantitative estimate of drug-likeness (QED) is 0.0132. The van der Waals surface area contributed by atoms with E-state index in [1.165, 1.54) is 33.3 Å². The molecular weight excluding hydrogens is 1400 g/mol. The van der Waals surface area contributed by atoms with E-state index >= 15 is 0 Å². The second kappa shape index (κ2) is 33.5. The number of ether oxygens (including phenoxy) is 6. The van der Waals surface area contributed by atoms with Gasteiger partial charge in [-0.1, -0.05) is 80.6 Å². The number of fused-ring (bicyclic) bond motifs is 6. The van der Waals surface area contributed by atoms with Crippen LogP contribution in [0.15, 0.2) is 128 Å². The topological polar surface area (TPSA) is 364 Å². The third kappa shape index (κ3) is 17.3. The molecule has 0 bridgehead atoms. The van der Waals surface area contributed by atoms with Crippen LogP contribution in [0.2, 0.25) is 0 Å². The molecule has 5 atom stereocenters. The van der Waals surface area contributed by atoms with E-state index in [2.05, 4.69) is 42.6 Å². The number of para-hydroxylation sites is 1. The molecule has 5 heterocycles. The highest BCUT2D eigenvalue weighted by Crippen LogP contribution is 2.57. The van der Waals surface area contributed by atoms with Crippen LogP contribution < -0.4 is 82.0 Å². The number of hydrogen-bond acceptors (Lipinski definition) is 20. The van der Waals surface area contributed by atoms with Gasteiger partial charge in [0, 0.05) is 73.5 Å². The third-order valence-corrected chi connectivity index (χ3v) is 20.3. The smallest absolute Gasteiger partial charge is 0.416 e. The molecule has 1 saturated heterocycles. The zero-order valence-corrected chi connectivity index (χ0v) is 62.2. The molecule has 6 aliphatic rings. The van der Waals surface area contributed by atoms with Gasteiger partial charge >= 0.3 is 6.09 Å². The lowest BCUT2D eigenvalue weighted by Crippen LogP contribution is -2.55. The lowest BCUT2D eigenvalue weighted by molar-refractivity contribution is -0.132. The average Bonchev–Trinajstić information content (AvgIpc) is 1.57. The normalized spacial score (nSPS) is 18.3. The third-order valence-electron chi connectivity index (χ3n) is 20.3. The number of nitrogens with two attached hydrogens (primary N) is 1. The number of benzene rings is 6. The Morgan fingerprint density at radius 2 is 1.35 bits per heavy atom. The number of hydrogen-bond donors (Lipinski definition) is 10. The van der Waals surface area contributed by atoms with Crippen molar-refractivity contribution in [3.63, 3.8) is 0 Å². The molecule has 29 heteroatoms. The minimum atomic E-state index is -1.50. The second-order valence-electron chi connectivity index (χ2n) is 28.6. The van der Waals surface area contributed by atoms with Crippen LogP contribution in [0.3, 0.4) is 0 Å². The van der Waals surface area contributed by atoms with Gasteiger partial charge in [0.1, 0.15) is 24.4 Å². The summed E-state index contributed by atoms with van der Waals surface area (Å²) in [7, 11) is 4.56. The summed E-state index contributed by atoms with van der Waals surface area (Å²) < 4.78 is 35.3. The lowest BCUT2D eigenvalue weighted by Gasteiger charge is -2.31. The average molecular weight is 1490 g/mol. The largest absolute Gasteiger partial charge is 0.497 e. The number of aliphatic hydroxyl groups is 1. The maximum absolute atomic E-state index is 14.5. The Labute approximate surface area is 631 Å². The number of nitrogens with one attached hydrogen (secondary N) is 8. The van der Waals surface area contributed by atoms with Crippen LogP contribution in [0.5, 0.6) is 28.7 Å². The summed E-state index contributed by atoms with van der Waals surface area (Å²) >= 11 is 0. The van der Waals surface area contributed by atoms with Crippen LogP contribution in [0.25, 0.3) is 17.0 Å². The molecule has 6 aromatic carbocycles. The zero-order chi connectivity index (χ0) is 77.4. The molecule has 1 unspecified atom stereocenters. The molecule has 0 aromatic heterocycles. The number of hydrazine groups is 1. The van der Waals surface area contributed by atoms with E-state index in [1.807, 2.05) is 92.8 Å². The van der Waals surface area contributed by atoms with Gasteiger partial charge < -0.3 is 90.9 Å². The molecule has 574 valence electrons. The lowest BCUT2D eigenvalue weighted by atomic mass is 9.95. The number of carbonyl (C=O) groups is 9. The molecule has 12 rings (SSSR count). The molecule has 29 nitrogen and oxygen atoms in total. The van der Waals surface area contributed by atoms with Gasteiger partial charge in [-0.2, -0.15) is 0 Å². The van der Waals surface area contributed by atoms with Crippen LogP contribution in [0.4, 0.5) is 27.5 Å². The first-order valence-corrected chi connectivity index (χ1v) is 36.5.